The molecular weight excluding hydrogens is 304 g/mol. The Bertz CT molecular complexity index is 524. The first-order valence-electron chi connectivity index (χ1n) is 7.45. The van der Waals surface area contributed by atoms with Gasteiger partial charge in [0.1, 0.15) is 12.4 Å². The molecule has 5 nitrogen and oxygen atoms in total. The Morgan fingerprint density at radius 2 is 2.23 bits per heavy atom. The van der Waals surface area contributed by atoms with Gasteiger partial charge in [-0.3, -0.25) is 4.79 Å². The summed E-state index contributed by atoms with van der Waals surface area (Å²) in [7, 11) is 3.66. The first kappa shape index (κ1) is 17.1. The number of methoxy groups -OCH3 is 1. The number of rotatable bonds is 6. The van der Waals surface area contributed by atoms with Crippen molar-refractivity contribution in [2.75, 3.05) is 39.2 Å². The summed E-state index contributed by atoms with van der Waals surface area (Å²) in [5.41, 5.74) is 0.691. The number of benzene rings is 1. The van der Waals surface area contributed by atoms with Crippen LogP contribution in [-0.4, -0.2) is 50.8 Å². The van der Waals surface area contributed by atoms with Gasteiger partial charge in [-0.05, 0) is 45.1 Å². The van der Waals surface area contributed by atoms with Crippen LogP contribution in [0.4, 0.5) is 5.69 Å². The zero-order valence-corrected chi connectivity index (χ0v) is 14.0. The fourth-order valence-corrected chi connectivity index (χ4v) is 2.85. The number of nitrogens with one attached hydrogen (secondary N) is 1. The number of anilines is 1. The highest BCUT2D eigenvalue weighted by atomic mass is 35.5. The van der Waals surface area contributed by atoms with Gasteiger partial charge in [-0.2, -0.15) is 0 Å². The van der Waals surface area contributed by atoms with E-state index in [1.54, 1.807) is 25.3 Å². The van der Waals surface area contributed by atoms with Crippen molar-refractivity contribution < 1.29 is 14.3 Å². The average molecular weight is 327 g/mol. The highest BCUT2D eigenvalue weighted by Gasteiger charge is 2.33. The molecule has 22 heavy (non-hydrogen) atoms. The second-order valence-corrected chi connectivity index (χ2v) is 6.00. The SMILES string of the molecule is COCCOc1ccc(NC(=O)[C@@H]2CCN(C)[C@@H]2C)cc1Cl. The third-order valence-electron chi connectivity index (χ3n) is 4.15. The summed E-state index contributed by atoms with van der Waals surface area (Å²) in [6.45, 7) is 3.97. The number of carbonyl (C=O) groups excluding carboxylic acids is 1. The van der Waals surface area contributed by atoms with Gasteiger partial charge >= 0.3 is 0 Å². The standard InChI is InChI=1S/C16H23ClN2O3/c1-11-13(6-7-19(11)2)16(20)18-12-4-5-15(14(17)10-12)22-9-8-21-3/h4-5,10-11,13H,6-9H2,1-3H3,(H,18,20)/t11-,13-/m1/s1. The van der Waals surface area contributed by atoms with Gasteiger partial charge in [-0.1, -0.05) is 11.6 Å². The van der Waals surface area contributed by atoms with Crippen molar-refractivity contribution in [1.29, 1.82) is 0 Å². The van der Waals surface area contributed by atoms with E-state index in [-0.39, 0.29) is 17.9 Å². The predicted octanol–water partition coefficient (Wildman–Crippen LogP) is 2.64. The van der Waals surface area contributed by atoms with E-state index in [9.17, 15) is 4.79 Å². The number of amides is 1. The van der Waals surface area contributed by atoms with Gasteiger partial charge in [0.2, 0.25) is 5.91 Å². The lowest BCUT2D eigenvalue weighted by Crippen LogP contribution is -2.33. The molecule has 1 amide bonds. The molecule has 0 aliphatic carbocycles. The van der Waals surface area contributed by atoms with Gasteiger partial charge in [0.15, 0.2) is 0 Å². The third kappa shape index (κ3) is 4.12. The molecule has 0 radical (unpaired) electrons. The van der Waals surface area contributed by atoms with Crippen LogP contribution in [0.2, 0.25) is 5.02 Å². The fourth-order valence-electron chi connectivity index (χ4n) is 2.61. The molecule has 2 atom stereocenters. The van der Waals surface area contributed by atoms with Gasteiger partial charge < -0.3 is 19.7 Å². The molecule has 6 heteroatoms. The van der Waals surface area contributed by atoms with E-state index < -0.39 is 0 Å². The highest BCUT2D eigenvalue weighted by Crippen LogP contribution is 2.29. The van der Waals surface area contributed by atoms with Crippen LogP contribution in [-0.2, 0) is 9.53 Å². The van der Waals surface area contributed by atoms with Crippen LogP contribution in [0, 0.1) is 5.92 Å². The maximum atomic E-state index is 12.3. The van der Waals surface area contributed by atoms with Crippen molar-refractivity contribution >= 4 is 23.2 Å². The first-order chi connectivity index (χ1) is 10.5. The lowest BCUT2D eigenvalue weighted by Gasteiger charge is -2.20. The lowest BCUT2D eigenvalue weighted by atomic mass is 10.0. The molecule has 1 saturated heterocycles. The smallest absolute Gasteiger partial charge is 0.229 e. The third-order valence-corrected chi connectivity index (χ3v) is 4.45. The number of halogens is 1. The van der Waals surface area contributed by atoms with Gasteiger partial charge in [-0.25, -0.2) is 0 Å². The Morgan fingerprint density at radius 3 is 2.82 bits per heavy atom. The zero-order valence-electron chi connectivity index (χ0n) is 13.3. The van der Waals surface area contributed by atoms with Gasteiger partial charge in [0, 0.05) is 18.8 Å². The molecule has 1 aromatic rings. The minimum atomic E-state index is 0.0152. The van der Waals surface area contributed by atoms with Gasteiger partial charge in [0.05, 0.1) is 17.5 Å². The Balaban J connectivity index is 1.95. The van der Waals surface area contributed by atoms with E-state index in [1.165, 1.54) is 0 Å². The molecule has 122 valence electrons. The van der Waals surface area contributed by atoms with Crippen LogP contribution in [0.3, 0.4) is 0 Å². The normalized spacial score (nSPS) is 21.8. The summed E-state index contributed by atoms with van der Waals surface area (Å²) >= 11 is 6.18. The number of carbonyl (C=O) groups is 1. The highest BCUT2D eigenvalue weighted by molar-refractivity contribution is 6.32. The van der Waals surface area contributed by atoms with Crippen LogP contribution >= 0.6 is 11.6 Å². The maximum absolute atomic E-state index is 12.3. The molecule has 1 aromatic carbocycles. The molecular formula is C16H23ClN2O3. The van der Waals surface area contributed by atoms with Crippen molar-refractivity contribution in [3.8, 4) is 5.75 Å². The van der Waals surface area contributed by atoms with Crippen molar-refractivity contribution in [2.45, 2.75) is 19.4 Å². The summed E-state index contributed by atoms with van der Waals surface area (Å²) in [5.74, 6) is 0.646. The van der Waals surface area contributed by atoms with Crippen molar-refractivity contribution in [3.05, 3.63) is 23.2 Å². The quantitative estimate of drug-likeness (QED) is 0.817. The minimum Gasteiger partial charge on any atom is -0.490 e. The number of hydrogen-bond acceptors (Lipinski definition) is 4. The number of nitrogens with zero attached hydrogens (tertiary/aromatic N) is 1. The van der Waals surface area contributed by atoms with Crippen molar-refractivity contribution in [1.82, 2.24) is 4.90 Å². The molecule has 1 heterocycles. The topological polar surface area (TPSA) is 50.8 Å². The minimum absolute atomic E-state index is 0.0152. The molecule has 0 aromatic heterocycles. The summed E-state index contributed by atoms with van der Waals surface area (Å²) in [6.07, 6.45) is 0.884. The fraction of sp³-hybridized carbons (Fsp3) is 0.562. The lowest BCUT2D eigenvalue weighted by molar-refractivity contribution is -0.120. The van der Waals surface area contributed by atoms with Crippen LogP contribution in [0.5, 0.6) is 5.75 Å². The van der Waals surface area contributed by atoms with Crippen LogP contribution in [0.1, 0.15) is 13.3 Å². The molecule has 1 aliphatic rings. The van der Waals surface area contributed by atoms with Gasteiger partial charge in [-0.15, -0.1) is 0 Å². The van der Waals surface area contributed by atoms with E-state index in [2.05, 4.69) is 17.1 Å². The molecule has 1 aliphatic heterocycles. The number of hydrogen-bond donors (Lipinski definition) is 1. The molecule has 1 N–H and O–H groups in total. The Hall–Kier alpha value is -1.30. The van der Waals surface area contributed by atoms with Crippen molar-refractivity contribution in [3.63, 3.8) is 0 Å². The summed E-state index contributed by atoms with van der Waals surface area (Å²) in [4.78, 5) is 14.5. The van der Waals surface area contributed by atoms with Crippen LogP contribution < -0.4 is 10.1 Å². The Labute approximate surface area is 136 Å². The monoisotopic (exact) mass is 326 g/mol. The average Bonchev–Trinajstić information content (AvgIpc) is 2.81. The molecule has 2 rings (SSSR count). The Morgan fingerprint density at radius 1 is 1.45 bits per heavy atom. The number of ether oxygens (including phenoxy) is 2. The molecule has 1 fully saturated rings. The maximum Gasteiger partial charge on any atom is 0.229 e. The molecule has 0 saturated carbocycles. The van der Waals surface area contributed by atoms with E-state index in [4.69, 9.17) is 21.1 Å². The van der Waals surface area contributed by atoms with Crippen LogP contribution in [0.15, 0.2) is 18.2 Å². The van der Waals surface area contributed by atoms with E-state index in [0.717, 1.165) is 13.0 Å². The second kappa shape index (κ2) is 7.81. The summed E-state index contributed by atoms with van der Waals surface area (Å²) < 4.78 is 10.4. The predicted molar refractivity (Wildman–Crippen MR) is 87.7 cm³/mol. The van der Waals surface area contributed by atoms with E-state index in [0.29, 0.717) is 29.7 Å². The van der Waals surface area contributed by atoms with Gasteiger partial charge in [0.25, 0.3) is 0 Å². The van der Waals surface area contributed by atoms with E-state index in [1.807, 2.05) is 7.05 Å². The second-order valence-electron chi connectivity index (χ2n) is 5.59. The van der Waals surface area contributed by atoms with E-state index >= 15 is 0 Å². The summed E-state index contributed by atoms with van der Waals surface area (Å²) in [5, 5.41) is 3.42. The van der Waals surface area contributed by atoms with Crippen molar-refractivity contribution in [2.24, 2.45) is 5.92 Å². The number of likely N-dealkylation sites (tertiary alicyclic amines) is 1. The first-order valence-corrected chi connectivity index (χ1v) is 7.83. The molecule has 0 spiro atoms. The van der Waals surface area contributed by atoms with Crippen LogP contribution in [0.25, 0.3) is 0 Å². The Kier molecular flexibility index (Phi) is 6.06. The summed E-state index contributed by atoms with van der Waals surface area (Å²) in [6, 6.07) is 5.53. The largest absolute Gasteiger partial charge is 0.490 e. The zero-order chi connectivity index (χ0) is 16.1. The molecule has 0 bridgehead atoms. The molecule has 0 unspecified atom stereocenters.